The highest BCUT2D eigenvalue weighted by Gasteiger charge is 1.88. The van der Waals surface area contributed by atoms with E-state index in [4.69, 9.17) is 0 Å². The average molecular weight is 109 g/mol. The molecule has 0 bridgehead atoms. The zero-order chi connectivity index (χ0) is 5.82. The molecule has 0 amide bonds. The van der Waals surface area contributed by atoms with Gasteiger partial charge < -0.3 is 4.98 Å². The van der Waals surface area contributed by atoms with E-state index in [1.54, 1.807) is 6.20 Å². The SMILES string of the molecule is CCCc1n[c]c[nH]1. The van der Waals surface area contributed by atoms with Crippen LogP contribution in [-0.4, -0.2) is 9.97 Å². The Kier molecular flexibility index (Phi) is 1.67. The molecule has 1 radical (unpaired) electrons. The minimum absolute atomic E-state index is 1.03. The number of imidazole rings is 1. The predicted octanol–water partition coefficient (Wildman–Crippen LogP) is 1.16. The van der Waals surface area contributed by atoms with Crippen LogP contribution in [0.4, 0.5) is 0 Å². The van der Waals surface area contributed by atoms with Gasteiger partial charge in [0.2, 0.25) is 0 Å². The topological polar surface area (TPSA) is 28.7 Å². The molecule has 1 rings (SSSR count). The molecular weight excluding hydrogens is 100 g/mol. The molecule has 1 N–H and O–H groups in total. The second-order valence-electron chi connectivity index (χ2n) is 1.73. The third kappa shape index (κ3) is 1.09. The quantitative estimate of drug-likeness (QED) is 0.606. The first kappa shape index (κ1) is 5.35. The zero-order valence-corrected chi connectivity index (χ0v) is 4.94. The number of hydrogen-bond donors (Lipinski definition) is 1. The van der Waals surface area contributed by atoms with Crippen molar-refractivity contribution in [2.75, 3.05) is 0 Å². The van der Waals surface area contributed by atoms with Crippen molar-refractivity contribution in [2.45, 2.75) is 19.8 Å². The van der Waals surface area contributed by atoms with E-state index in [0.29, 0.717) is 0 Å². The van der Waals surface area contributed by atoms with Crippen LogP contribution in [0.15, 0.2) is 6.20 Å². The van der Waals surface area contributed by atoms with Crippen LogP contribution in [0, 0.1) is 6.20 Å². The third-order valence-corrected chi connectivity index (χ3v) is 0.990. The summed E-state index contributed by atoms with van der Waals surface area (Å²) < 4.78 is 0. The van der Waals surface area contributed by atoms with E-state index in [1.807, 2.05) is 0 Å². The van der Waals surface area contributed by atoms with Crippen molar-refractivity contribution in [3.63, 3.8) is 0 Å². The molecule has 1 heterocycles. The average Bonchev–Trinajstić information content (AvgIpc) is 2.19. The van der Waals surface area contributed by atoms with E-state index in [2.05, 4.69) is 23.1 Å². The summed E-state index contributed by atoms with van der Waals surface area (Å²) >= 11 is 0. The highest BCUT2D eigenvalue weighted by atomic mass is 14.9. The van der Waals surface area contributed by atoms with Crippen LogP contribution in [0.1, 0.15) is 19.2 Å². The number of rotatable bonds is 2. The summed E-state index contributed by atoms with van der Waals surface area (Å²) in [6, 6.07) is 0. The number of H-pyrrole nitrogens is 1. The molecule has 0 atom stereocenters. The van der Waals surface area contributed by atoms with Crippen molar-refractivity contribution in [2.24, 2.45) is 0 Å². The Balaban J connectivity index is 2.50. The monoisotopic (exact) mass is 109 g/mol. The Morgan fingerprint density at radius 3 is 3.25 bits per heavy atom. The molecule has 0 aromatic carbocycles. The molecule has 0 aliphatic heterocycles. The molecule has 1 aromatic heterocycles. The van der Waals surface area contributed by atoms with Crippen LogP contribution < -0.4 is 0 Å². The van der Waals surface area contributed by atoms with Gasteiger partial charge in [-0.1, -0.05) is 6.92 Å². The largest absolute Gasteiger partial charge is 0.348 e. The van der Waals surface area contributed by atoms with Gasteiger partial charge in [-0.2, -0.15) is 0 Å². The minimum Gasteiger partial charge on any atom is -0.348 e. The molecule has 2 heteroatoms. The molecule has 8 heavy (non-hydrogen) atoms. The van der Waals surface area contributed by atoms with E-state index in [0.717, 1.165) is 18.7 Å². The molecule has 0 saturated heterocycles. The molecule has 43 valence electrons. The van der Waals surface area contributed by atoms with Crippen LogP contribution in [0.3, 0.4) is 0 Å². The number of aryl methyl sites for hydroxylation is 1. The summed E-state index contributed by atoms with van der Waals surface area (Å²) in [5.74, 6) is 1.03. The fraction of sp³-hybridized carbons (Fsp3) is 0.500. The molecule has 0 unspecified atom stereocenters. The standard InChI is InChI=1S/C6H9N2/c1-2-3-6-7-4-5-8-6/h4H,2-3H2,1H3,(H,7,8). The van der Waals surface area contributed by atoms with Gasteiger partial charge in [-0.3, -0.25) is 0 Å². The fourth-order valence-electron chi connectivity index (χ4n) is 0.623. The summed E-state index contributed by atoms with van der Waals surface area (Å²) in [7, 11) is 0. The van der Waals surface area contributed by atoms with Gasteiger partial charge in [-0.25, -0.2) is 4.98 Å². The lowest BCUT2D eigenvalue weighted by Gasteiger charge is -1.85. The van der Waals surface area contributed by atoms with Gasteiger partial charge in [0.25, 0.3) is 0 Å². The van der Waals surface area contributed by atoms with E-state index in [9.17, 15) is 0 Å². The normalized spacial score (nSPS) is 9.62. The first-order valence-corrected chi connectivity index (χ1v) is 2.84. The van der Waals surface area contributed by atoms with E-state index < -0.39 is 0 Å². The van der Waals surface area contributed by atoms with Crippen molar-refractivity contribution in [3.8, 4) is 0 Å². The number of nitrogens with one attached hydrogen (secondary N) is 1. The second kappa shape index (κ2) is 2.50. The second-order valence-corrected chi connectivity index (χ2v) is 1.73. The van der Waals surface area contributed by atoms with Gasteiger partial charge in [0.05, 0.1) is 0 Å². The lowest BCUT2D eigenvalue weighted by molar-refractivity contribution is 0.856. The van der Waals surface area contributed by atoms with Gasteiger partial charge >= 0.3 is 0 Å². The summed E-state index contributed by atoms with van der Waals surface area (Å²) in [6.45, 7) is 2.13. The van der Waals surface area contributed by atoms with Crippen molar-refractivity contribution >= 4 is 0 Å². The van der Waals surface area contributed by atoms with Gasteiger partial charge in [0, 0.05) is 12.6 Å². The number of hydrogen-bond acceptors (Lipinski definition) is 1. The van der Waals surface area contributed by atoms with Crippen LogP contribution in [-0.2, 0) is 6.42 Å². The highest BCUT2D eigenvalue weighted by Crippen LogP contribution is 1.91. The smallest absolute Gasteiger partial charge is 0.108 e. The maximum Gasteiger partial charge on any atom is 0.108 e. The first-order valence-electron chi connectivity index (χ1n) is 2.84. The lowest BCUT2D eigenvalue weighted by Crippen LogP contribution is -1.83. The summed E-state index contributed by atoms with van der Waals surface area (Å²) in [5.41, 5.74) is 0. The highest BCUT2D eigenvalue weighted by molar-refractivity contribution is 4.84. The number of aromatic amines is 1. The van der Waals surface area contributed by atoms with Gasteiger partial charge in [-0.05, 0) is 6.42 Å². The molecule has 2 nitrogen and oxygen atoms in total. The number of nitrogens with zero attached hydrogens (tertiary/aromatic N) is 1. The van der Waals surface area contributed by atoms with Gasteiger partial charge in [0.15, 0.2) is 0 Å². The van der Waals surface area contributed by atoms with E-state index in [1.165, 1.54) is 0 Å². The third-order valence-electron chi connectivity index (χ3n) is 0.990. The van der Waals surface area contributed by atoms with Crippen LogP contribution in [0.25, 0.3) is 0 Å². The molecule has 0 fully saturated rings. The van der Waals surface area contributed by atoms with Gasteiger partial charge in [0.1, 0.15) is 12.0 Å². The van der Waals surface area contributed by atoms with Crippen molar-refractivity contribution in [1.82, 2.24) is 9.97 Å². The molecule has 0 aliphatic rings. The van der Waals surface area contributed by atoms with Crippen molar-refractivity contribution in [3.05, 3.63) is 18.2 Å². The van der Waals surface area contributed by atoms with Crippen LogP contribution in [0.5, 0.6) is 0 Å². The van der Waals surface area contributed by atoms with Crippen LogP contribution >= 0.6 is 0 Å². The molecular formula is C6H9N2. The Morgan fingerprint density at radius 2 is 2.75 bits per heavy atom. The molecule has 0 aliphatic carbocycles. The maximum absolute atomic E-state index is 3.93. The summed E-state index contributed by atoms with van der Waals surface area (Å²) in [6.07, 6.45) is 6.61. The van der Waals surface area contributed by atoms with Crippen LogP contribution in [0.2, 0.25) is 0 Å². The first-order chi connectivity index (χ1) is 3.93. The summed E-state index contributed by atoms with van der Waals surface area (Å²) in [4.78, 5) is 6.90. The maximum atomic E-state index is 3.93. The Labute approximate surface area is 49.0 Å². The van der Waals surface area contributed by atoms with Gasteiger partial charge in [-0.15, -0.1) is 0 Å². The Hall–Kier alpha value is -0.790. The molecule has 1 aromatic rings. The zero-order valence-electron chi connectivity index (χ0n) is 4.94. The van der Waals surface area contributed by atoms with Crippen molar-refractivity contribution < 1.29 is 0 Å². The summed E-state index contributed by atoms with van der Waals surface area (Å²) in [5, 5.41) is 0. The predicted molar refractivity (Wildman–Crippen MR) is 31.4 cm³/mol. The Morgan fingerprint density at radius 1 is 1.88 bits per heavy atom. The van der Waals surface area contributed by atoms with Crippen molar-refractivity contribution in [1.29, 1.82) is 0 Å². The fourth-order valence-corrected chi connectivity index (χ4v) is 0.623. The molecule has 0 spiro atoms. The number of aromatic nitrogens is 2. The molecule has 0 saturated carbocycles. The van der Waals surface area contributed by atoms with E-state index >= 15 is 0 Å². The van der Waals surface area contributed by atoms with E-state index in [-0.39, 0.29) is 0 Å². The minimum atomic E-state index is 1.03. The lowest BCUT2D eigenvalue weighted by atomic mass is 10.3. The Bertz CT molecular complexity index is 132.